The third-order valence-electron chi connectivity index (χ3n) is 4.45. The van der Waals surface area contributed by atoms with Gasteiger partial charge in [-0.05, 0) is 38.0 Å². The first kappa shape index (κ1) is 18.7. The number of methoxy groups -OCH3 is 1. The number of nitrogens with zero attached hydrogens (tertiary/aromatic N) is 2. The second kappa shape index (κ2) is 7.50. The Morgan fingerprint density at radius 3 is 2.38 bits per heavy atom. The first-order chi connectivity index (χ1) is 11.3. The van der Waals surface area contributed by atoms with Gasteiger partial charge in [0.05, 0.1) is 7.11 Å². The predicted octanol–water partition coefficient (Wildman–Crippen LogP) is 1.14. The van der Waals surface area contributed by atoms with E-state index in [4.69, 9.17) is 4.74 Å². The van der Waals surface area contributed by atoms with Crippen LogP contribution in [0.5, 0.6) is 5.75 Å². The minimum absolute atomic E-state index is 0.161. The zero-order chi connectivity index (χ0) is 17.9. The van der Waals surface area contributed by atoms with E-state index in [9.17, 15) is 13.2 Å². The average Bonchev–Trinajstić information content (AvgIpc) is 2.58. The summed E-state index contributed by atoms with van der Waals surface area (Å²) >= 11 is 0. The fraction of sp³-hybridized carbons (Fsp3) is 0.562. The molecule has 1 aromatic carbocycles. The summed E-state index contributed by atoms with van der Waals surface area (Å²) in [6, 6.07) is 6.05. The van der Waals surface area contributed by atoms with Crippen LogP contribution in [0.15, 0.2) is 24.3 Å². The molecule has 1 aliphatic heterocycles. The van der Waals surface area contributed by atoms with Crippen molar-refractivity contribution in [1.82, 2.24) is 13.9 Å². The maximum atomic E-state index is 12.7. The lowest BCUT2D eigenvalue weighted by molar-refractivity contribution is -0.135. The van der Waals surface area contributed by atoms with E-state index < -0.39 is 22.3 Å². The van der Waals surface area contributed by atoms with E-state index in [1.54, 1.807) is 24.1 Å². The minimum atomic E-state index is -3.71. The molecule has 2 atom stereocenters. The van der Waals surface area contributed by atoms with Crippen molar-refractivity contribution in [3.8, 4) is 5.75 Å². The molecule has 1 aliphatic rings. The summed E-state index contributed by atoms with van der Waals surface area (Å²) in [7, 11) is -0.695. The van der Waals surface area contributed by atoms with Crippen molar-refractivity contribution in [1.29, 1.82) is 0 Å². The van der Waals surface area contributed by atoms with E-state index in [-0.39, 0.29) is 5.91 Å². The zero-order valence-electron chi connectivity index (χ0n) is 14.5. The van der Waals surface area contributed by atoms with Crippen molar-refractivity contribution in [3.05, 3.63) is 29.8 Å². The highest BCUT2D eigenvalue weighted by Gasteiger charge is 2.41. The van der Waals surface area contributed by atoms with Crippen molar-refractivity contribution in [2.45, 2.75) is 32.4 Å². The van der Waals surface area contributed by atoms with Crippen LogP contribution in [0.2, 0.25) is 0 Å². The molecule has 2 unspecified atom stereocenters. The molecule has 1 aromatic rings. The van der Waals surface area contributed by atoms with Crippen LogP contribution in [0.4, 0.5) is 0 Å². The summed E-state index contributed by atoms with van der Waals surface area (Å²) in [6.45, 7) is 4.89. The maximum Gasteiger partial charge on any atom is 0.280 e. The van der Waals surface area contributed by atoms with Crippen molar-refractivity contribution in [2.75, 3.05) is 27.2 Å². The quantitative estimate of drug-likeness (QED) is 0.859. The average molecular weight is 355 g/mol. The summed E-state index contributed by atoms with van der Waals surface area (Å²) in [5, 5.41) is 0. The number of hydrogen-bond donors (Lipinski definition) is 1. The SMILES string of the molecule is CCN(CC)C(=O)C1CC(c2ccc(OC)cc2)NS(=O)(=O)N1C. The van der Waals surface area contributed by atoms with Crippen LogP contribution < -0.4 is 9.46 Å². The largest absolute Gasteiger partial charge is 0.497 e. The van der Waals surface area contributed by atoms with Crippen LogP contribution in [0, 0.1) is 0 Å². The Bertz CT molecular complexity index is 671. The Labute approximate surface area is 143 Å². The number of carbonyl (C=O) groups is 1. The molecule has 0 radical (unpaired) electrons. The fourth-order valence-corrected chi connectivity index (χ4v) is 4.16. The maximum absolute atomic E-state index is 12.7. The number of likely N-dealkylation sites (N-methyl/N-ethyl adjacent to an activating group) is 2. The topological polar surface area (TPSA) is 79.0 Å². The van der Waals surface area contributed by atoms with Gasteiger partial charge in [0.15, 0.2) is 0 Å². The van der Waals surface area contributed by atoms with E-state index >= 15 is 0 Å². The normalized spacial score (nSPS) is 23.7. The molecule has 1 N–H and O–H groups in total. The van der Waals surface area contributed by atoms with Gasteiger partial charge in [0.2, 0.25) is 5.91 Å². The summed E-state index contributed by atoms with van der Waals surface area (Å²) < 4.78 is 33.7. The molecule has 0 aromatic heterocycles. The monoisotopic (exact) mass is 355 g/mol. The number of hydrogen-bond acceptors (Lipinski definition) is 4. The first-order valence-electron chi connectivity index (χ1n) is 8.02. The highest BCUT2D eigenvalue weighted by Crippen LogP contribution is 2.29. The summed E-state index contributed by atoms with van der Waals surface area (Å²) in [4.78, 5) is 14.4. The molecule has 2 rings (SSSR count). The second-order valence-corrected chi connectivity index (χ2v) is 7.49. The molecule has 0 spiro atoms. The van der Waals surface area contributed by atoms with E-state index in [1.165, 1.54) is 7.05 Å². The number of ether oxygens (including phenoxy) is 1. The van der Waals surface area contributed by atoms with Crippen LogP contribution in [0.25, 0.3) is 0 Å². The molecule has 1 amide bonds. The molecule has 0 aliphatic carbocycles. The lowest BCUT2D eigenvalue weighted by atomic mass is 9.99. The first-order valence-corrected chi connectivity index (χ1v) is 9.46. The van der Waals surface area contributed by atoms with Crippen LogP contribution in [-0.2, 0) is 15.0 Å². The molecular weight excluding hydrogens is 330 g/mol. The Kier molecular flexibility index (Phi) is 5.84. The van der Waals surface area contributed by atoms with Gasteiger partial charge in [-0.25, -0.2) is 0 Å². The third kappa shape index (κ3) is 3.71. The Hall–Kier alpha value is -1.64. The highest BCUT2D eigenvalue weighted by molar-refractivity contribution is 7.87. The Balaban J connectivity index is 2.30. The second-order valence-electron chi connectivity index (χ2n) is 5.73. The molecular formula is C16H25N3O4S. The van der Waals surface area contributed by atoms with Crippen molar-refractivity contribution in [2.24, 2.45) is 0 Å². The molecule has 0 bridgehead atoms. The fourth-order valence-electron chi connectivity index (χ4n) is 2.89. The van der Waals surface area contributed by atoms with E-state index in [0.29, 0.717) is 25.3 Å². The Morgan fingerprint density at radius 1 is 1.29 bits per heavy atom. The number of rotatable bonds is 5. The van der Waals surface area contributed by atoms with Gasteiger partial charge in [0, 0.05) is 26.2 Å². The summed E-state index contributed by atoms with van der Waals surface area (Å²) in [5.41, 5.74) is 0.810. The van der Waals surface area contributed by atoms with Gasteiger partial charge in [0.1, 0.15) is 11.8 Å². The standard InChI is InChI=1S/C16H25N3O4S/c1-5-19(6-2)16(20)15-11-14(17-24(21,22)18(15)3)12-7-9-13(23-4)10-8-12/h7-10,14-15,17H,5-6,11H2,1-4H3. The van der Waals surface area contributed by atoms with E-state index in [0.717, 1.165) is 9.87 Å². The number of amides is 1. The van der Waals surface area contributed by atoms with Gasteiger partial charge in [-0.15, -0.1) is 0 Å². The zero-order valence-corrected chi connectivity index (χ0v) is 15.3. The lowest BCUT2D eigenvalue weighted by Crippen LogP contribution is -2.57. The highest BCUT2D eigenvalue weighted by atomic mass is 32.2. The number of carbonyl (C=O) groups excluding carboxylic acids is 1. The van der Waals surface area contributed by atoms with Crippen molar-refractivity contribution in [3.63, 3.8) is 0 Å². The van der Waals surface area contributed by atoms with Crippen LogP contribution in [0.1, 0.15) is 31.9 Å². The molecule has 1 heterocycles. The molecule has 134 valence electrons. The number of benzene rings is 1. The van der Waals surface area contributed by atoms with Gasteiger partial charge in [-0.3, -0.25) is 4.79 Å². The molecule has 0 saturated carbocycles. The van der Waals surface area contributed by atoms with Crippen LogP contribution in [-0.4, -0.2) is 56.8 Å². The predicted molar refractivity (Wildman–Crippen MR) is 91.9 cm³/mol. The lowest BCUT2D eigenvalue weighted by Gasteiger charge is -2.38. The van der Waals surface area contributed by atoms with Gasteiger partial charge < -0.3 is 9.64 Å². The smallest absolute Gasteiger partial charge is 0.280 e. The Morgan fingerprint density at radius 2 is 1.88 bits per heavy atom. The van der Waals surface area contributed by atoms with Gasteiger partial charge in [-0.2, -0.15) is 17.4 Å². The molecule has 24 heavy (non-hydrogen) atoms. The van der Waals surface area contributed by atoms with Gasteiger partial charge in [0.25, 0.3) is 10.2 Å². The third-order valence-corrected chi connectivity index (χ3v) is 6.04. The molecule has 8 heteroatoms. The van der Waals surface area contributed by atoms with Gasteiger partial charge >= 0.3 is 0 Å². The van der Waals surface area contributed by atoms with E-state index in [1.807, 2.05) is 26.0 Å². The van der Waals surface area contributed by atoms with Crippen LogP contribution in [0.3, 0.4) is 0 Å². The molecule has 1 saturated heterocycles. The van der Waals surface area contributed by atoms with Gasteiger partial charge in [-0.1, -0.05) is 12.1 Å². The van der Waals surface area contributed by atoms with Crippen molar-refractivity contribution < 1.29 is 17.9 Å². The van der Waals surface area contributed by atoms with Crippen LogP contribution >= 0.6 is 0 Å². The molecule has 7 nitrogen and oxygen atoms in total. The summed E-state index contributed by atoms with van der Waals surface area (Å²) in [5.74, 6) is 0.538. The number of nitrogens with one attached hydrogen (secondary N) is 1. The van der Waals surface area contributed by atoms with Crippen molar-refractivity contribution >= 4 is 16.1 Å². The minimum Gasteiger partial charge on any atom is -0.497 e. The summed E-state index contributed by atoms with van der Waals surface area (Å²) in [6.07, 6.45) is 0.386. The van der Waals surface area contributed by atoms with E-state index in [2.05, 4.69) is 4.72 Å². The molecule has 1 fully saturated rings.